The number of nitrogens with zero attached hydrogens (tertiary/aromatic N) is 2. The van der Waals surface area contributed by atoms with Gasteiger partial charge in [-0.2, -0.15) is 0 Å². The second-order valence-corrected chi connectivity index (χ2v) is 16.0. The highest BCUT2D eigenvalue weighted by Gasteiger charge is 2.49. The van der Waals surface area contributed by atoms with Crippen molar-refractivity contribution >= 4 is 17.8 Å². The molecule has 310 valence electrons. The lowest BCUT2D eigenvalue weighted by atomic mass is 9.75. The van der Waals surface area contributed by atoms with Crippen LogP contribution in [0.5, 0.6) is 0 Å². The van der Waals surface area contributed by atoms with Crippen LogP contribution in [0.15, 0.2) is 55.6 Å². The molecule has 3 fully saturated rings. The Bertz CT molecular complexity index is 1220. The highest BCUT2D eigenvalue weighted by molar-refractivity contribution is 5.87. The molecule has 3 aliphatic carbocycles. The molecule has 3 saturated carbocycles. The summed E-state index contributed by atoms with van der Waals surface area (Å²) >= 11 is 0. The minimum Gasteiger partial charge on any atom is -0.386 e. The maximum absolute atomic E-state index is 16.1. The lowest BCUT2D eigenvalue weighted by Gasteiger charge is -2.43. The van der Waals surface area contributed by atoms with Crippen molar-refractivity contribution in [2.24, 2.45) is 34.8 Å². The Morgan fingerprint density at radius 2 is 1.54 bits per heavy atom. The first-order valence-corrected chi connectivity index (χ1v) is 20.4. The molecule has 1 aromatic rings. The van der Waals surface area contributed by atoms with Crippen molar-refractivity contribution in [2.75, 3.05) is 20.6 Å². The van der Waals surface area contributed by atoms with Crippen LogP contribution in [-0.4, -0.2) is 71.2 Å². The molecule has 6 atom stereocenters. The van der Waals surface area contributed by atoms with Crippen molar-refractivity contribution in [3.63, 3.8) is 0 Å². The van der Waals surface area contributed by atoms with E-state index in [9.17, 15) is 19.5 Å². The molecule has 1 aromatic carbocycles. The number of allylic oxidation sites excluding steroid dienone is 2. The summed E-state index contributed by atoms with van der Waals surface area (Å²) < 4.78 is 16.1. The van der Waals surface area contributed by atoms with E-state index in [0.29, 0.717) is 24.9 Å². The number of nitrogens with one attached hydrogen (secondary N) is 2. The molecule has 54 heavy (non-hydrogen) atoms. The number of carbonyl (C=O) groups is 3. The summed E-state index contributed by atoms with van der Waals surface area (Å²) in [6.07, 6.45) is 11.5. The lowest BCUT2D eigenvalue weighted by Crippen LogP contribution is -2.61. The zero-order valence-corrected chi connectivity index (χ0v) is 35.8. The molecule has 0 aliphatic heterocycles. The number of aliphatic hydroxyl groups is 1. The third-order valence-electron chi connectivity index (χ3n) is 10.1. The number of likely N-dealkylation sites (N-methyl/N-ethyl adjacent to an activating group) is 1. The van der Waals surface area contributed by atoms with Crippen molar-refractivity contribution in [1.29, 1.82) is 0 Å². The first-order chi connectivity index (χ1) is 25.6. The Hall–Kier alpha value is -3.24. The van der Waals surface area contributed by atoms with Crippen molar-refractivity contribution in [3.8, 4) is 0 Å². The van der Waals surface area contributed by atoms with Gasteiger partial charge in [0, 0.05) is 25.6 Å². The molecule has 0 aromatic heterocycles. The number of nitrogens with two attached hydrogens (primary N) is 1. The minimum absolute atomic E-state index is 0.0363. The van der Waals surface area contributed by atoms with E-state index in [4.69, 9.17) is 0 Å². The topological polar surface area (TPSA) is 128 Å². The fourth-order valence-electron chi connectivity index (χ4n) is 7.02. The summed E-state index contributed by atoms with van der Waals surface area (Å²) in [6, 6.07) is 6.94. The monoisotopic (exact) mass is 760 g/mol. The summed E-state index contributed by atoms with van der Waals surface area (Å²) in [5, 5.41) is 17.4. The van der Waals surface area contributed by atoms with E-state index in [1.54, 1.807) is 52.1 Å². The molecule has 9 nitrogen and oxygen atoms in total. The standard InChI is InChI=1S/C34H53FN4O4.C4H6.C3H8.C2H6.CH5N/c1-22(19-24-15-16-24)36-30(41)23(2)27-20-26(27)21-38(6)31(42)28(33(3,4)5)39(35)32(43)37-34(17-11-8-12-18-34)29(40)25-13-9-7-10-14-25;1-3-4-2;1-3-2;2*1-2/h7,9-10,13-14,22-24,26-29,40H,8,11-12,15-21H2,1-6H3,(H,36,41)(H,37,43);3-4H,1-2H2;3H2,1-2H3;1-2H3;2H2,1H3/t22?,23?,26-,27+,28?,29?;;;;/m0..../s1. The third kappa shape index (κ3) is 16.6. The van der Waals surface area contributed by atoms with Gasteiger partial charge in [-0.25, -0.2) is 4.79 Å². The normalized spacial score (nSPS) is 20.2. The summed E-state index contributed by atoms with van der Waals surface area (Å²) in [7, 11) is 3.15. The van der Waals surface area contributed by atoms with E-state index in [1.165, 1.54) is 31.2 Å². The zero-order valence-electron chi connectivity index (χ0n) is 35.8. The number of aliphatic hydroxyl groups excluding tert-OH is 1. The lowest BCUT2D eigenvalue weighted by molar-refractivity contribution is -0.146. The molecular weight excluding hydrogens is 682 g/mol. The summed E-state index contributed by atoms with van der Waals surface area (Å²) in [5.41, 5.74) is 3.26. The Labute approximate surface area is 328 Å². The third-order valence-corrected chi connectivity index (χ3v) is 10.1. The first-order valence-electron chi connectivity index (χ1n) is 20.4. The van der Waals surface area contributed by atoms with Gasteiger partial charge in [-0.15, -0.1) is 5.12 Å². The number of amides is 4. The number of hydrogen-bond acceptors (Lipinski definition) is 5. The molecule has 4 unspecified atom stereocenters. The maximum atomic E-state index is 16.1. The second-order valence-electron chi connectivity index (χ2n) is 16.0. The summed E-state index contributed by atoms with van der Waals surface area (Å²) in [5.74, 6) is 0.499. The number of benzene rings is 1. The van der Waals surface area contributed by atoms with Gasteiger partial charge in [0.05, 0.1) is 5.54 Å². The molecular formula is C44H78FN5O4. The minimum atomic E-state index is -1.35. The highest BCUT2D eigenvalue weighted by Crippen LogP contribution is 2.45. The van der Waals surface area contributed by atoms with Crippen LogP contribution in [-0.2, 0) is 9.59 Å². The van der Waals surface area contributed by atoms with Crippen LogP contribution >= 0.6 is 0 Å². The average molecular weight is 760 g/mol. The second kappa shape index (κ2) is 25.8. The van der Waals surface area contributed by atoms with Crippen LogP contribution in [0.1, 0.15) is 138 Å². The van der Waals surface area contributed by atoms with Crippen LogP contribution in [0.3, 0.4) is 0 Å². The Morgan fingerprint density at radius 3 is 2.00 bits per heavy atom. The molecule has 4 amide bonds. The largest absolute Gasteiger partial charge is 0.386 e. The van der Waals surface area contributed by atoms with Crippen LogP contribution in [0.2, 0.25) is 0 Å². The van der Waals surface area contributed by atoms with Gasteiger partial charge in [0.25, 0.3) is 0 Å². The number of hydrogen-bond donors (Lipinski definition) is 4. The van der Waals surface area contributed by atoms with Gasteiger partial charge in [0.2, 0.25) is 11.8 Å². The number of rotatable bonds is 13. The maximum Gasteiger partial charge on any atom is 0.346 e. The quantitative estimate of drug-likeness (QED) is 0.118. The van der Waals surface area contributed by atoms with E-state index in [-0.39, 0.29) is 34.8 Å². The van der Waals surface area contributed by atoms with E-state index in [2.05, 4.69) is 50.3 Å². The van der Waals surface area contributed by atoms with Gasteiger partial charge in [-0.1, -0.05) is 154 Å². The molecule has 0 radical (unpaired) electrons. The van der Waals surface area contributed by atoms with E-state index < -0.39 is 35.0 Å². The SMILES string of the molecule is C=CC=C.CC.CC(CC1CC1)NC(=O)C(C)[C@H]1C[C@H]1CN(C)C(=O)C(N(F)C(=O)NC1(C(O)c2ccccc2)CCCCC1)C(C)(C)C.CCC.CN. The Kier molecular flexibility index (Phi) is 24.2. The predicted octanol–water partition coefficient (Wildman–Crippen LogP) is 9.14. The van der Waals surface area contributed by atoms with Crippen molar-refractivity contribution in [2.45, 2.75) is 150 Å². The van der Waals surface area contributed by atoms with Gasteiger partial charge in [-0.3, -0.25) is 9.59 Å². The van der Waals surface area contributed by atoms with Gasteiger partial charge >= 0.3 is 6.03 Å². The van der Waals surface area contributed by atoms with Crippen LogP contribution in [0.4, 0.5) is 9.28 Å². The molecule has 3 aliphatic rings. The molecule has 4 rings (SSSR count). The first kappa shape index (κ1) is 50.8. The average Bonchev–Trinajstić information content (AvgIpc) is 4.11. The van der Waals surface area contributed by atoms with Crippen molar-refractivity contribution in [3.05, 3.63) is 61.2 Å². The summed E-state index contributed by atoms with van der Waals surface area (Å²) in [4.78, 5) is 41.6. The van der Waals surface area contributed by atoms with Crippen molar-refractivity contribution < 1.29 is 24.0 Å². The number of urea groups is 1. The number of halogens is 1. The predicted molar refractivity (Wildman–Crippen MR) is 223 cm³/mol. The Morgan fingerprint density at radius 1 is 1.02 bits per heavy atom. The number of carbonyl (C=O) groups excluding carboxylic acids is 3. The molecule has 0 bridgehead atoms. The molecule has 0 spiro atoms. The van der Waals surface area contributed by atoms with E-state index in [1.807, 2.05) is 39.0 Å². The van der Waals surface area contributed by atoms with Gasteiger partial charge in [0.1, 0.15) is 12.1 Å². The molecule has 5 N–H and O–H groups in total. The van der Waals surface area contributed by atoms with Gasteiger partial charge in [-0.05, 0) is 68.4 Å². The Balaban J connectivity index is 0.00000229. The summed E-state index contributed by atoms with van der Waals surface area (Å²) in [6.45, 7) is 24.6. The van der Waals surface area contributed by atoms with Crippen LogP contribution in [0.25, 0.3) is 0 Å². The smallest absolute Gasteiger partial charge is 0.346 e. The molecule has 10 heteroatoms. The van der Waals surface area contributed by atoms with Gasteiger partial charge < -0.3 is 26.4 Å². The van der Waals surface area contributed by atoms with Crippen LogP contribution in [0, 0.1) is 29.1 Å². The molecule has 0 saturated heterocycles. The van der Waals surface area contributed by atoms with Crippen LogP contribution < -0.4 is 16.4 Å². The van der Waals surface area contributed by atoms with E-state index >= 15 is 4.48 Å². The zero-order chi connectivity index (χ0) is 41.6. The molecule has 0 heterocycles. The van der Waals surface area contributed by atoms with E-state index in [0.717, 1.165) is 38.0 Å². The van der Waals surface area contributed by atoms with Gasteiger partial charge in [0.15, 0.2) is 0 Å². The fraction of sp³-hybridized carbons (Fsp3) is 0.705. The van der Waals surface area contributed by atoms with Crippen molar-refractivity contribution in [1.82, 2.24) is 20.7 Å². The fourth-order valence-corrected chi connectivity index (χ4v) is 7.02. The highest BCUT2D eigenvalue weighted by atomic mass is 19.2.